The van der Waals surface area contributed by atoms with Crippen molar-refractivity contribution in [1.29, 1.82) is 0 Å². The first-order valence-corrected chi connectivity index (χ1v) is 10.7. The average molecular weight is 365 g/mol. The highest BCUT2D eigenvalue weighted by Gasteiger charge is 2.29. The van der Waals surface area contributed by atoms with Crippen LogP contribution in [0.15, 0.2) is 24.3 Å². The van der Waals surface area contributed by atoms with E-state index < -0.39 is 9.84 Å². The van der Waals surface area contributed by atoms with Gasteiger partial charge >= 0.3 is 0 Å². The molecule has 4 nitrogen and oxygen atoms in total. The summed E-state index contributed by atoms with van der Waals surface area (Å²) in [4.78, 5) is 23.8. The van der Waals surface area contributed by atoms with Crippen LogP contribution in [-0.2, 0) is 21.1 Å². The van der Waals surface area contributed by atoms with Crippen LogP contribution in [0.4, 0.5) is 0 Å². The second-order valence-electron chi connectivity index (χ2n) is 7.49. The second-order valence-corrected chi connectivity index (χ2v) is 10.1. The Kier molecular flexibility index (Phi) is 6.55. The Hall–Kier alpha value is -1.49. The average Bonchev–Trinajstić information content (AvgIpc) is 2.55. The van der Waals surface area contributed by atoms with Crippen molar-refractivity contribution < 1.29 is 18.0 Å². The first-order valence-electron chi connectivity index (χ1n) is 9.03. The lowest BCUT2D eigenvalue weighted by Crippen LogP contribution is -2.29. The van der Waals surface area contributed by atoms with Crippen LogP contribution in [0.2, 0.25) is 0 Å². The number of benzene rings is 1. The fourth-order valence-corrected chi connectivity index (χ4v) is 4.75. The number of sulfone groups is 1. The van der Waals surface area contributed by atoms with Gasteiger partial charge in [0.1, 0.15) is 5.78 Å². The maximum Gasteiger partial charge on any atom is 0.159 e. The smallest absolute Gasteiger partial charge is 0.159 e. The van der Waals surface area contributed by atoms with Gasteiger partial charge in [-0.25, -0.2) is 8.42 Å². The highest BCUT2D eigenvalue weighted by molar-refractivity contribution is 7.91. The highest BCUT2D eigenvalue weighted by Crippen LogP contribution is 2.31. The monoisotopic (exact) mass is 364 g/mol. The summed E-state index contributed by atoms with van der Waals surface area (Å²) in [7, 11) is -3.01. The largest absolute Gasteiger partial charge is 0.299 e. The number of hydrogen-bond acceptors (Lipinski definition) is 4. The predicted molar refractivity (Wildman–Crippen MR) is 99.5 cm³/mol. The zero-order chi connectivity index (χ0) is 18.6. The third-order valence-corrected chi connectivity index (χ3v) is 7.60. The molecule has 0 N–H and O–H groups in total. The van der Waals surface area contributed by atoms with Crippen molar-refractivity contribution in [2.45, 2.75) is 58.1 Å². The molecule has 138 valence electrons. The van der Waals surface area contributed by atoms with E-state index in [1.54, 1.807) is 26.0 Å². The summed E-state index contributed by atoms with van der Waals surface area (Å²) in [6, 6.07) is 7.21. The Morgan fingerprint density at radius 3 is 2.08 bits per heavy atom. The highest BCUT2D eigenvalue weighted by atomic mass is 32.2. The van der Waals surface area contributed by atoms with Gasteiger partial charge in [0.2, 0.25) is 0 Å². The summed E-state index contributed by atoms with van der Waals surface area (Å²) in [5, 5.41) is -0.329. The molecule has 1 saturated carbocycles. The molecule has 1 aliphatic rings. The van der Waals surface area contributed by atoms with Crippen molar-refractivity contribution in [2.24, 2.45) is 11.8 Å². The molecular weight excluding hydrogens is 336 g/mol. The SMILES string of the molecule is CC(=O)c1ccc(CC(=O)C2CCC(CS(=O)(=O)C(C)C)CC2)cc1. The Morgan fingerprint density at radius 2 is 1.60 bits per heavy atom. The van der Waals surface area contributed by atoms with E-state index in [2.05, 4.69) is 0 Å². The Morgan fingerprint density at radius 1 is 1.04 bits per heavy atom. The van der Waals surface area contributed by atoms with E-state index in [0.29, 0.717) is 12.0 Å². The van der Waals surface area contributed by atoms with Gasteiger partial charge in [0.15, 0.2) is 15.6 Å². The van der Waals surface area contributed by atoms with Crippen molar-refractivity contribution >= 4 is 21.4 Å². The van der Waals surface area contributed by atoms with Gasteiger partial charge in [-0.2, -0.15) is 0 Å². The van der Waals surface area contributed by atoms with E-state index in [9.17, 15) is 18.0 Å². The third-order valence-electron chi connectivity index (χ3n) is 5.23. The molecule has 0 atom stereocenters. The summed E-state index contributed by atoms with van der Waals surface area (Å²) in [6.07, 6.45) is 3.57. The summed E-state index contributed by atoms with van der Waals surface area (Å²) >= 11 is 0. The molecular formula is C20H28O4S. The van der Waals surface area contributed by atoms with Crippen LogP contribution in [0, 0.1) is 11.8 Å². The summed E-state index contributed by atoms with van der Waals surface area (Å²) < 4.78 is 24.1. The lowest BCUT2D eigenvalue weighted by molar-refractivity contribution is -0.123. The van der Waals surface area contributed by atoms with E-state index in [1.807, 2.05) is 12.1 Å². The third kappa shape index (κ3) is 5.50. The molecule has 0 aliphatic heterocycles. The van der Waals surface area contributed by atoms with Gasteiger partial charge in [0.05, 0.1) is 11.0 Å². The molecule has 0 saturated heterocycles. The minimum atomic E-state index is -3.01. The molecule has 1 fully saturated rings. The van der Waals surface area contributed by atoms with Gasteiger partial charge in [0, 0.05) is 17.9 Å². The molecule has 0 aromatic heterocycles. The molecule has 1 aliphatic carbocycles. The van der Waals surface area contributed by atoms with Crippen LogP contribution >= 0.6 is 0 Å². The Bertz CT molecular complexity index is 709. The maximum absolute atomic E-state index is 12.5. The van der Waals surface area contributed by atoms with Gasteiger partial charge in [-0.1, -0.05) is 24.3 Å². The molecule has 0 spiro atoms. The van der Waals surface area contributed by atoms with Crippen LogP contribution in [-0.4, -0.2) is 31.0 Å². The van der Waals surface area contributed by atoms with Gasteiger partial charge in [-0.3, -0.25) is 9.59 Å². The first-order chi connectivity index (χ1) is 11.7. The summed E-state index contributed by atoms with van der Waals surface area (Å²) in [6.45, 7) is 4.97. The number of Topliss-reactive ketones (excluding diaryl/α,β-unsaturated/α-hetero) is 2. The van der Waals surface area contributed by atoms with E-state index in [0.717, 1.165) is 31.2 Å². The molecule has 2 rings (SSSR count). The van der Waals surface area contributed by atoms with Crippen molar-refractivity contribution in [2.75, 3.05) is 5.75 Å². The molecule has 1 aromatic carbocycles. The van der Waals surface area contributed by atoms with E-state index in [1.165, 1.54) is 6.92 Å². The Labute approximate surface area is 150 Å². The molecule has 1 aromatic rings. The molecule has 0 bridgehead atoms. The molecule has 25 heavy (non-hydrogen) atoms. The molecule has 0 amide bonds. The minimum Gasteiger partial charge on any atom is -0.299 e. The second kappa shape index (κ2) is 8.26. The maximum atomic E-state index is 12.5. The fourth-order valence-electron chi connectivity index (χ4n) is 3.37. The molecule has 0 heterocycles. The van der Waals surface area contributed by atoms with Crippen molar-refractivity contribution in [3.63, 3.8) is 0 Å². The van der Waals surface area contributed by atoms with Gasteiger partial charge in [0.25, 0.3) is 0 Å². The fraction of sp³-hybridized carbons (Fsp3) is 0.600. The van der Waals surface area contributed by atoms with Crippen LogP contribution < -0.4 is 0 Å². The van der Waals surface area contributed by atoms with Crippen LogP contribution in [0.3, 0.4) is 0 Å². The first kappa shape index (κ1) is 19.8. The zero-order valence-electron chi connectivity index (χ0n) is 15.3. The van der Waals surface area contributed by atoms with Gasteiger partial charge in [-0.15, -0.1) is 0 Å². The summed E-state index contributed by atoms with van der Waals surface area (Å²) in [5.41, 5.74) is 1.59. The van der Waals surface area contributed by atoms with Crippen LogP contribution in [0.25, 0.3) is 0 Å². The lowest BCUT2D eigenvalue weighted by Gasteiger charge is -2.28. The standard InChI is InChI=1S/C20H28O4S/c1-14(2)25(23,24)13-17-6-10-19(11-7-17)20(22)12-16-4-8-18(9-5-16)15(3)21/h4-5,8-9,14,17,19H,6-7,10-13H2,1-3H3. The minimum absolute atomic E-state index is 0.0209. The zero-order valence-corrected chi connectivity index (χ0v) is 16.1. The normalized spacial score (nSPS) is 21.3. The Balaban J connectivity index is 1.86. The van der Waals surface area contributed by atoms with Crippen molar-refractivity contribution in [3.8, 4) is 0 Å². The van der Waals surface area contributed by atoms with E-state index >= 15 is 0 Å². The molecule has 0 radical (unpaired) electrons. The quantitative estimate of drug-likeness (QED) is 0.693. The lowest BCUT2D eigenvalue weighted by atomic mass is 9.79. The van der Waals surface area contributed by atoms with Crippen molar-refractivity contribution in [3.05, 3.63) is 35.4 Å². The number of ketones is 2. The van der Waals surface area contributed by atoms with Crippen molar-refractivity contribution in [1.82, 2.24) is 0 Å². The topological polar surface area (TPSA) is 68.3 Å². The number of carbonyl (C=O) groups excluding carboxylic acids is 2. The van der Waals surface area contributed by atoms with Gasteiger partial charge < -0.3 is 0 Å². The van der Waals surface area contributed by atoms with Gasteiger partial charge in [-0.05, 0) is 57.9 Å². The van der Waals surface area contributed by atoms with Crippen LogP contribution in [0.5, 0.6) is 0 Å². The number of carbonyl (C=O) groups is 2. The number of hydrogen-bond donors (Lipinski definition) is 0. The van der Waals surface area contributed by atoms with E-state index in [-0.39, 0.29) is 34.4 Å². The molecule has 0 unspecified atom stereocenters. The predicted octanol–water partition coefficient (Wildman–Crippen LogP) is 3.63. The van der Waals surface area contributed by atoms with E-state index in [4.69, 9.17) is 0 Å². The van der Waals surface area contributed by atoms with Crippen LogP contribution in [0.1, 0.15) is 62.4 Å². The summed E-state index contributed by atoms with van der Waals surface area (Å²) in [5.74, 6) is 0.711. The molecule has 5 heteroatoms. The number of rotatable bonds is 7.